The van der Waals surface area contributed by atoms with E-state index in [-0.39, 0.29) is 0 Å². The lowest BCUT2D eigenvalue weighted by Crippen LogP contribution is -2.33. The Bertz CT molecular complexity index is 442. The number of nitrogens with zero attached hydrogens (tertiary/aromatic N) is 5. The molecule has 118 valence electrons. The molecule has 6 nitrogen and oxygen atoms in total. The van der Waals surface area contributed by atoms with Gasteiger partial charge in [-0.25, -0.2) is 0 Å². The molecule has 0 aliphatic carbocycles. The van der Waals surface area contributed by atoms with Gasteiger partial charge in [0.1, 0.15) is 0 Å². The number of hydrogen-bond acceptors (Lipinski definition) is 6. The van der Waals surface area contributed by atoms with Gasteiger partial charge in [-0.1, -0.05) is 13.8 Å². The van der Waals surface area contributed by atoms with E-state index in [1.807, 2.05) is 7.05 Å². The molecule has 6 heteroatoms. The van der Waals surface area contributed by atoms with Gasteiger partial charge in [-0.05, 0) is 32.1 Å². The molecule has 21 heavy (non-hydrogen) atoms. The van der Waals surface area contributed by atoms with Crippen LogP contribution in [0, 0.1) is 5.92 Å². The first kappa shape index (κ1) is 15.8. The second-order valence-corrected chi connectivity index (χ2v) is 5.99. The van der Waals surface area contributed by atoms with Gasteiger partial charge in [0.2, 0.25) is 17.8 Å². The lowest BCUT2D eigenvalue weighted by Gasteiger charge is -2.28. The zero-order valence-electron chi connectivity index (χ0n) is 13.8. The van der Waals surface area contributed by atoms with Gasteiger partial charge in [0.25, 0.3) is 0 Å². The molecule has 2 heterocycles. The van der Waals surface area contributed by atoms with Crippen LogP contribution in [0.4, 0.5) is 17.8 Å². The fourth-order valence-electron chi connectivity index (χ4n) is 2.64. The van der Waals surface area contributed by atoms with Crippen molar-refractivity contribution in [3.63, 3.8) is 0 Å². The van der Waals surface area contributed by atoms with E-state index < -0.39 is 0 Å². The average Bonchev–Trinajstić information content (AvgIpc) is 2.52. The van der Waals surface area contributed by atoms with E-state index in [2.05, 4.69) is 45.9 Å². The van der Waals surface area contributed by atoms with Crippen molar-refractivity contribution >= 4 is 17.8 Å². The van der Waals surface area contributed by atoms with Gasteiger partial charge in [0.05, 0.1) is 0 Å². The van der Waals surface area contributed by atoms with Crippen LogP contribution in [0.15, 0.2) is 0 Å². The lowest BCUT2D eigenvalue weighted by molar-refractivity contribution is 0.565. The number of hydrogen-bond donors (Lipinski definition) is 1. The van der Waals surface area contributed by atoms with Crippen molar-refractivity contribution in [2.75, 3.05) is 48.3 Å². The van der Waals surface area contributed by atoms with E-state index in [9.17, 15) is 0 Å². The molecule has 1 aliphatic rings. The van der Waals surface area contributed by atoms with Crippen LogP contribution in [-0.2, 0) is 0 Å². The van der Waals surface area contributed by atoms with E-state index in [1.54, 1.807) is 0 Å². The van der Waals surface area contributed by atoms with Crippen molar-refractivity contribution in [2.24, 2.45) is 5.92 Å². The van der Waals surface area contributed by atoms with Crippen LogP contribution in [-0.4, -0.2) is 48.2 Å². The maximum Gasteiger partial charge on any atom is 0.231 e. The molecular weight excluding hydrogens is 264 g/mol. The molecule has 0 radical (unpaired) electrons. The van der Waals surface area contributed by atoms with Gasteiger partial charge in [-0.2, -0.15) is 15.0 Å². The Balaban J connectivity index is 2.27. The third kappa shape index (κ3) is 4.19. The fraction of sp³-hybridized carbons (Fsp3) is 0.800. The number of piperidine rings is 1. The van der Waals surface area contributed by atoms with Gasteiger partial charge in [-0.15, -0.1) is 0 Å². The van der Waals surface area contributed by atoms with Gasteiger partial charge in [0.15, 0.2) is 0 Å². The summed E-state index contributed by atoms with van der Waals surface area (Å²) in [6.07, 6.45) is 3.75. The van der Waals surface area contributed by atoms with E-state index in [1.165, 1.54) is 19.3 Å². The van der Waals surface area contributed by atoms with Crippen LogP contribution in [0.5, 0.6) is 0 Å². The molecule has 0 amide bonds. The second-order valence-electron chi connectivity index (χ2n) is 5.99. The molecular formula is C15H28N6. The van der Waals surface area contributed by atoms with Crippen molar-refractivity contribution in [3.05, 3.63) is 0 Å². The number of rotatable bonds is 6. The van der Waals surface area contributed by atoms with Crippen LogP contribution in [0.3, 0.4) is 0 Å². The van der Waals surface area contributed by atoms with E-state index in [4.69, 9.17) is 4.98 Å². The summed E-state index contributed by atoms with van der Waals surface area (Å²) >= 11 is 0. The van der Waals surface area contributed by atoms with E-state index >= 15 is 0 Å². The first-order chi connectivity index (χ1) is 10.1. The standard InChI is InChI=1S/C15H28N6/c1-5-20(11-12(2)3)14-17-13(16-4)18-15(19-14)21-9-7-6-8-10-21/h12H,5-11H2,1-4H3,(H,16,17,18,19). The number of nitrogens with one attached hydrogen (secondary N) is 1. The van der Waals surface area contributed by atoms with Crippen molar-refractivity contribution in [2.45, 2.75) is 40.0 Å². The molecule has 0 atom stereocenters. The predicted octanol–water partition coefficient (Wildman–Crippen LogP) is 2.39. The first-order valence-corrected chi connectivity index (χ1v) is 8.07. The normalized spacial score (nSPS) is 15.4. The molecule has 0 saturated carbocycles. The Kier molecular flexibility index (Phi) is 5.59. The SMILES string of the molecule is CCN(CC(C)C)c1nc(NC)nc(N2CCCCC2)n1. The molecule has 1 N–H and O–H groups in total. The Morgan fingerprint density at radius 1 is 1.14 bits per heavy atom. The third-order valence-electron chi connectivity index (χ3n) is 3.72. The van der Waals surface area contributed by atoms with Crippen molar-refractivity contribution < 1.29 is 0 Å². The minimum Gasteiger partial charge on any atom is -0.357 e. The Morgan fingerprint density at radius 3 is 2.43 bits per heavy atom. The zero-order valence-corrected chi connectivity index (χ0v) is 13.8. The smallest absolute Gasteiger partial charge is 0.231 e. The highest BCUT2D eigenvalue weighted by molar-refractivity contribution is 5.45. The Labute approximate surface area is 128 Å². The molecule has 1 aromatic heterocycles. The van der Waals surface area contributed by atoms with Crippen LogP contribution < -0.4 is 15.1 Å². The summed E-state index contributed by atoms with van der Waals surface area (Å²) in [6.45, 7) is 10.5. The molecule has 0 bridgehead atoms. The van der Waals surface area contributed by atoms with Gasteiger partial charge in [0, 0.05) is 33.2 Å². The molecule has 1 fully saturated rings. The maximum atomic E-state index is 4.72. The summed E-state index contributed by atoms with van der Waals surface area (Å²) in [5, 5.41) is 3.06. The van der Waals surface area contributed by atoms with Gasteiger partial charge < -0.3 is 15.1 Å². The summed E-state index contributed by atoms with van der Waals surface area (Å²) in [5.74, 6) is 2.83. The van der Waals surface area contributed by atoms with Crippen LogP contribution in [0.2, 0.25) is 0 Å². The fourth-order valence-corrected chi connectivity index (χ4v) is 2.64. The van der Waals surface area contributed by atoms with Gasteiger partial charge in [-0.3, -0.25) is 0 Å². The van der Waals surface area contributed by atoms with Crippen LogP contribution >= 0.6 is 0 Å². The number of aromatic nitrogens is 3. The highest BCUT2D eigenvalue weighted by Crippen LogP contribution is 2.20. The zero-order chi connectivity index (χ0) is 15.2. The summed E-state index contributed by atoms with van der Waals surface area (Å²) in [6, 6.07) is 0. The number of anilines is 3. The summed E-state index contributed by atoms with van der Waals surface area (Å²) in [5.41, 5.74) is 0. The Hall–Kier alpha value is -1.59. The van der Waals surface area contributed by atoms with E-state index in [0.717, 1.165) is 38.1 Å². The highest BCUT2D eigenvalue weighted by atomic mass is 15.4. The first-order valence-electron chi connectivity index (χ1n) is 8.07. The minimum absolute atomic E-state index is 0.582. The monoisotopic (exact) mass is 292 g/mol. The summed E-state index contributed by atoms with van der Waals surface area (Å²) in [4.78, 5) is 18.3. The largest absolute Gasteiger partial charge is 0.357 e. The molecule has 1 saturated heterocycles. The molecule has 1 aromatic rings. The second kappa shape index (κ2) is 7.43. The average molecular weight is 292 g/mol. The molecule has 1 aliphatic heterocycles. The van der Waals surface area contributed by atoms with Crippen molar-refractivity contribution in [1.82, 2.24) is 15.0 Å². The topological polar surface area (TPSA) is 57.2 Å². The maximum absolute atomic E-state index is 4.72. The summed E-state index contributed by atoms with van der Waals surface area (Å²) in [7, 11) is 1.86. The molecule has 0 spiro atoms. The lowest BCUT2D eigenvalue weighted by atomic mass is 10.1. The minimum atomic E-state index is 0.582. The summed E-state index contributed by atoms with van der Waals surface area (Å²) < 4.78 is 0. The molecule has 0 aromatic carbocycles. The Morgan fingerprint density at radius 2 is 1.86 bits per heavy atom. The van der Waals surface area contributed by atoms with Gasteiger partial charge >= 0.3 is 0 Å². The van der Waals surface area contributed by atoms with Crippen molar-refractivity contribution in [1.29, 1.82) is 0 Å². The van der Waals surface area contributed by atoms with Crippen LogP contribution in [0.25, 0.3) is 0 Å². The third-order valence-corrected chi connectivity index (χ3v) is 3.72. The highest BCUT2D eigenvalue weighted by Gasteiger charge is 2.18. The quantitative estimate of drug-likeness (QED) is 0.869. The molecule has 0 unspecified atom stereocenters. The van der Waals surface area contributed by atoms with E-state index in [0.29, 0.717) is 11.9 Å². The molecule has 2 rings (SSSR count). The van der Waals surface area contributed by atoms with Crippen molar-refractivity contribution in [3.8, 4) is 0 Å². The predicted molar refractivity (Wildman–Crippen MR) is 88.2 cm³/mol. The van der Waals surface area contributed by atoms with Crippen LogP contribution in [0.1, 0.15) is 40.0 Å².